The van der Waals surface area contributed by atoms with Crippen LogP contribution in [0.25, 0.3) is 0 Å². The second kappa shape index (κ2) is 13.1. The fourth-order valence-corrected chi connectivity index (χ4v) is 3.68. The Hall–Kier alpha value is -4.14. The summed E-state index contributed by atoms with van der Waals surface area (Å²) in [4.78, 5) is 48.4. The van der Waals surface area contributed by atoms with Crippen LogP contribution in [0, 0.1) is 11.8 Å². The van der Waals surface area contributed by atoms with Gasteiger partial charge >= 0.3 is 11.9 Å². The van der Waals surface area contributed by atoms with E-state index in [-0.39, 0.29) is 11.5 Å². The molecule has 0 aliphatic heterocycles. The number of carbonyl (C=O) groups excluding carboxylic acids is 3. The van der Waals surface area contributed by atoms with Crippen LogP contribution in [0.5, 0.6) is 5.75 Å². The number of rotatable bonds is 11. The Balaban J connectivity index is 1.45. The van der Waals surface area contributed by atoms with E-state index in [1.165, 1.54) is 24.3 Å². The summed E-state index contributed by atoms with van der Waals surface area (Å²) in [6.07, 6.45) is 6.24. The van der Waals surface area contributed by atoms with E-state index in [1.54, 1.807) is 36.4 Å². The van der Waals surface area contributed by atoms with Gasteiger partial charge in [0.1, 0.15) is 5.75 Å². The molecule has 3 N–H and O–H groups in total. The number of carbonyl (C=O) groups is 4. The number of benzene rings is 2. The number of carboxylic acid groups (broad SMARTS) is 1. The molecule has 0 radical (unpaired) electrons. The van der Waals surface area contributed by atoms with Gasteiger partial charge in [-0.25, -0.2) is 4.79 Å². The number of ether oxygens (including phenoxy) is 2. The van der Waals surface area contributed by atoms with E-state index < -0.39 is 36.3 Å². The molecule has 9 heteroatoms. The summed E-state index contributed by atoms with van der Waals surface area (Å²) < 4.78 is 10.6. The molecule has 0 aromatic heterocycles. The standard InChI is InChI=1S/C27H30N2O7/c1-2-3-16-35-21-14-12-19(13-15-21)28-24(30)17-36-27(34)18-8-10-20(11-9-18)29-25(31)22-6-4-5-7-23(22)26(32)33/h4-5,8-15,22-23H,2-3,6-7,16-17H2,1H3,(H,28,30)(H,29,31)(H,32,33)/t22-,23-/m1/s1. The van der Waals surface area contributed by atoms with E-state index in [2.05, 4.69) is 17.6 Å². The van der Waals surface area contributed by atoms with E-state index in [1.807, 2.05) is 0 Å². The van der Waals surface area contributed by atoms with Crippen molar-refractivity contribution in [1.82, 2.24) is 0 Å². The number of aliphatic carboxylic acids is 1. The molecule has 0 spiro atoms. The second-order valence-electron chi connectivity index (χ2n) is 8.41. The lowest BCUT2D eigenvalue weighted by Gasteiger charge is -2.24. The fourth-order valence-electron chi connectivity index (χ4n) is 3.68. The first-order chi connectivity index (χ1) is 17.4. The van der Waals surface area contributed by atoms with Crippen molar-refractivity contribution >= 4 is 35.1 Å². The topological polar surface area (TPSA) is 131 Å². The number of esters is 1. The SMILES string of the molecule is CCCCOc1ccc(NC(=O)COC(=O)c2ccc(NC(=O)[C@@H]3CC=CC[C@H]3C(=O)O)cc2)cc1. The lowest BCUT2D eigenvalue weighted by Crippen LogP contribution is -2.34. The lowest BCUT2D eigenvalue weighted by molar-refractivity contribution is -0.146. The highest BCUT2D eigenvalue weighted by Gasteiger charge is 2.33. The van der Waals surface area contributed by atoms with Gasteiger partial charge in [0.05, 0.1) is 24.0 Å². The van der Waals surface area contributed by atoms with Gasteiger partial charge in [-0.3, -0.25) is 14.4 Å². The number of nitrogens with one attached hydrogen (secondary N) is 2. The Bertz CT molecular complexity index is 1090. The number of anilines is 2. The van der Waals surface area contributed by atoms with Crippen LogP contribution in [0.15, 0.2) is 60.7 Å². The highest BCUT2D eigenvalue weighted by Crippen LogP contribution is 2.27. The van der Waals surface area contributed by atoms with E-state index in [0.717, 1.165) is 12.8 Å². The van der Waals surface area contributed by atoms with Crippen LogP contribution in [0.2, 0.25) is 0 Å². The molecular weight excluding hydrogens is 464 g/mol. The summed E-state index contributed by atoms with van der Waals surface area (Å²) in [5.41, 5.74) is 1.19. The molecule has 2 atom stereocenters. The lowest BCUT2D eigenvalue weighted by atomic mass is 9.82. The molecule has 0 unspecified atom stereocenters. The first-order valence-corrected chi connectivity index (χ1v) is 11.9. The Labute approximate surface area is 209 Å². The van der Waals surface area contributed by atoms with Crippen molar-refractivity contribution in [2.45, 2.75) is 32.6 Å². The molecule has 9 nitrogen and oxygen atoms in total. The average molecular weight is 495 g/mol. The third-order valence-electron chi connectivity index (χ3n) is 5.71. The number of carboxylic acids is 1. The summed E-state index contributed by atoms with van der Waals surface area (Å²) in [7, 11) is 0. The number of hydrogen-bond donors (Lipinski definition) is 3. The maximum absolute atomic E-state index is 12.6. The van der Waals surface area contributed by atoms with Gasteiger partial charge in [0.2, 0.25) is 5.91 Å². The van der Waals surface area contributed by atoms with Crippen LogP contribution in [-0.2, 0) is 19.1 Å². The predicted octanol–water partition coefficient (Wildman–Crippen LogP) is 4.27. The van der Waals surface area contributed by atoms with Crippen molar-refractivity contribution in [2.24, 2.45) is 11.8 Å². The van der Waals surface area contributed by atoms with Gasteiger partial charge in [0.25, 0.3) is 5.91 Å². The monoisotopic (exact) mass is 494 g/mol. The summed E-state index contributed by atoms with van der Waals surface area (Å²) in [6, 6.07) is 12.9. The zero-order valence-corrected chi connectivity index (χ0v) is 20.1. The minimum absolute atomic E-state index is 0.207. The molecule has 0 saturated heterocycles. The van der Waals surface area contributed by atoms with E-state index in [0.29, 0.717) is 36.6 Å². The summed E-state index contributed by atoms with van der Waals surface area (Å²) in [6.45, 7) is 2.26. The number of hydrogen-bond acceptors (Lipinski definition) is 6. The number of amides is 2. The predicted molar refractivity (Wildman–Crippen MR) is 134 cm³/mol. The van der Waals surface area contributed by atoms with Gasteiger partial charge < -0.3 is 25.2 Å². The molecule has 0 heterocycles. The minimum Gasteiger partial charge on any atom is -0.494 e. The smallest absolute Gasteiger partial charge is 0.338 e. The number of unbranched alkanes of at least 4 members (excludes halogenated alkanes) is 1. The molecule has 190 valence electrons. The van der Waals surface area contributed by atoms with E-state index in [9.17, 15) is 24.3 Å². The van der Waals surface area contributed by atoms with Crippen molar-refractivity contribution in [3.05, 3.63) is 66.2 Å². The van der Waals surface area contributed by atoms with Crippen LogP contribution in [0.1, 0.15) is 43.0 Å². The van der Waals surface area contributed by atoms with Crippen molar-refractivity contribution in [3.63, 3.8) is 0 Å². The summed E-state index contributed by atoms with van der Waals surface area (Å²) in [5.74, 6) is -3.29. The molecule has 0 fully saturated rings. The maximum atomic E-state index is 12.6. The maximum Gasteiger partial charge on any atom is 0.338 e. The van der Waals surface area contributed by atoms with Gasteiger partial charge in [0, 0.05) is 11.4 Å². The quantitative estimate of drug-likeness (QED) is 0.242. The fraction of sp³-hybridized carbons (Fsp3) is 0.333. The molecular formula is C27H30N2O7. The van der Waals surface area contributed by atoms with Crippen LogP contribution in [0.4, 0.5) is 11.4 Å². The highest BCUT2D eigenvalue weighted by atomic mass is 16.5. The zero-order valence-electron chi connectivity index (χ0n) is 20.1. The van der Waals surface area contributed by atoms with Gasteiger partial charge in [-0.2, -0.15) is 0 Å². The third kappa shape index (κ3) is 7.69. The van der Waals surface area contributed by atoms with Crippen molar-refractivity contribution < 1.29 is 33.8 Å². The first kappa shape index (κ1) is 26.5. The van der Waals surface area contributed by atoms with Crippen molar-refractivity contribution in [2.75, 3.05) is 23.8 Å². The van der Waals surface area contributed by atoms with Crippen LogP contribution in [0.3, 0.4) is 0 Å². The molecule has 36 heavy (non-hydrogen) atoms. The molecule has 1 aliphatic carbocycles. The van der Waals surface area contributed by atoms with Crippen molar-refractivity contribution in [1.29, 1.82) is 0 Å². The van der Waals surface area contributed by atoms with Gasteiger partial charge in [-0.05, 0) is 67.8 Å². The van der Waals surface area contributed by atoms with Gasteiger partial charge in [-0.1, -0.05) is 25.5 Å². The first-order valence-electron chi connectivity index (χ1n) is 11.9. The largest absolute Gasteiger partial charge is 0.494 e. The molecule has 2 amide bonds. The van der Waals surface area contributed by atoms with E-state index >= 15 is 0 Å². The number of allylic oxidation sites excluding steroid dienone is 2. The molecule has 0 bridgehead atoms. The summed E-state index contributed by atoms with van der Waals surface area (Å²) >= 11 is 0. The van der Waals surface area contributed by atoms with Crippen molar-refractivity contribution in [3.8, 4) is 5.75 Å². The third-order valence-corrected chi connectivity index (χ3v) is 5.71. The Morgan fingerprint density at radius 3 is 2.14 bits per heavy atom. The molecule has 0 saturated carbocycles. The Morgan fingerprint density at radius 1 is 0.889 bits per heavy atom. The molecule has 2 aromatic carbocycles. The Morgan fingerprint density at radius 2 is 1.50 bits per heavy atom. The van der Waals surface area contributed by atoms with Crippen LogP contribution < -0.4 is 15.4 Å². The minimum atomic E-state index is -1.00. The zero-order chi connectivity index (χ0) is 25.9. The average Bonchev–Trinajstić information content (AvgIpc) is 2.89. The second-order valence-corrected chi connectivity index (χ2v) is 8.41. The molecule has 1 aliphatic rings. The van der Waals surface area contributed by atoms with Gasteiger partial charge in [0.15, 0.2) is 6.61 Å². The highest BCUT2D eigenvalue weighted by molar-refractivity contribution is 5.97. The summed E-state index contributed by atoms with van der Waals surface area (Å²) in [5, 5.41) is 14.7. The van der Waals surface area contributed by atoms with Gasteiger partial charge in [-0.15, -0.1) is 0 Å². The molecule has 3 rings (SSSR count). The normalized spacial score (nSPS) is 16.6. The van der Waals surface area contributed by atoms with Crippen LogP contribution in [-0.4, -0.2) is 42.1 Å². The Kier molecular flexibility index (Phi) is 9.62. The van der Waals surface area contributed by atoms with Crippen LogP contribution >= 0.6 is 0 Å². The molecule has 2 aromatic rings. The van der Waals surface area contributed by atoms with E-state index in [4.69, 9.17) is 9.47 Å².